The van der Waals surface area contributed by atoms with E-state index in [1.165, 1.54) is 11.1 Å². The Balaban J connectivity index is 1.81. The van der Waals surface area contributed by atoms with E-state index in [0.29, 0.717) is 0 Å². The molecule has 1 saturated heterocycles. The SMILES string of the molecule is CN=C(NCCc1cc(C)ccc1OC)NCC(C)(C)N1CCOCC1. The summed E-state index contributed by atoms with van der Waals surface area (Å²) in [6.07, 6.45) is 0.887. The molecule has 2 rings (SSSR count). The van der Waals surface area contributed by atoms with Crippen molar-refractivity contribution in [3.63, 3.8) is 0 Å². The van der Waals surface area contributed by atoms with Gasteiger partial charge < -0.3 is 20.1 Å². The molecule has 26 heavy (non-hydrogen) atoms. The molecule has 1 aromatic rings. The van der Waals surface area contributed by atoms with E-state index >= 15 is 0 Å². The number of hydrogen-bond donors (Lipinski definition) is 2. The van der Waals surface area contributed by atoms with Gasteiger partial charge in [0, 0.05) is 38.8 Å². The first-order valence-corrected chi connectivity index (χ1v) is 9.37. The first-order valence-electron chi connectivity index (χ1n) is 9.37. The van der Waals surface area contributed by atoms with Gasteiger partial charge in [0.25, 0.3) is 0 Å². The van der Waals surface area contributed by atoms with Gasteiger partial charge in [-0.3, -0.25) is 9.89 Å². The lowest BCUT2D eigenvalue weighted by Gasteiger charge is -2.41. The van der Waals surface area contributed by atoms with Crippen LogP contribution in [0.25, 0.3) is 0 Å². The normalized spacial score (nSPS) is 16.4. The van der Waals surface area contributed by atoms with E-state index in [0.717, 1.165) is 57.5 Å². The fraction of sp³-hybridized carbons (Fsp3) is 0.650. The van der Waals surface area contributed by atoms with Crippen molar-refractivity contribution < 1.29 is 9.47 Å². The molecule has 6 heteroatoms. The highest BCUT2D eigenvalue weighted by Crippen LogP contribution is 2.19. The van der Waals surface area contributed by atoms with Crippen LogP contribution < -0.4 is 15.4 Å². The van der Waals surface area contributed by atoms with Crippen LogP contribution >= 0.6 is 0 Å². The van der Waals surface area contributed by atoms with Gasteiger partial charge in [-0.2, -0.15) is 0 Å². The molecule has 0 amide bonds. The van der Waals surface area contributed by atoms with Gasteiger partial charge in [0.1, 0.15) is 5.75 Å². The zero-order valence-corrected chi connectivity index (χ0v) is 16.9. The van der Waals surface area contributed by atoms with Crippen LogP contribution in [0.3, 0.4) is 0 Å². The number of morpholine rings is 1. The molecular formula is C20H34N4O2. The maximum atomic E-state index is 5.46. The molecule has 0 bridgehead atoms. The molecule has 1 aliphatic rings. The number of methoxy groups -OCH3 is 1. The summed E-state index contributed by atoms with van der Waals surface area (Å²) in [5, 5.41) is 6.86. The van der Waals surface area contributed by atoms with Crippen LogP contribution in [-0.2, 0) is 11.2 Å². The highest BCUT2D eigenvalue weighted by Gasteiger charge is 2.28. The van der Waals surface area contributed by atoms with Crippen molar-refractivity contribution >= 4 is 5.96 Å². The van der Waals surface area contributed by atoms with Crippen LogP contribution in [0.15, 0.2) is 23.2 Å². The van der Waals surface area contributed by atoms with Gasteiger partial charge in [-0.25, -0.2) is 0 Å². The number of guanidine groups is 1. The quantitative estimate of drug-likeness (QED) is 0.572. The van der Waals surface area contributed by atoms with E-state index < -0.39 is 0 Å². The third kappa shape index (κ3) is 5.88. The van der Waals surface area contributed by atoms with E-state index in [4.69, 9.17) is 9.47 Å². The summed E-state index contributed by atoms with van der Waals surface area (Å²) in [7, 11) is 3.53. The van der Waals surface area contributed by atoms with E-state index in [1.54, 1.807) is 7.11 Å². The van der Waals surface area contributed by atoms with Gasteiger partial charge in [-0.05, 0) is 38.8 Å². The molecule has 0 atom stereocenters. The van der Waals surface area contributed by atoms with Crippen LogP contribution in [0, 0.1) is 6.92 Å². The van der Waals surface area contributed by atoms with Gasteiger partial charge in [0.05, 0.1) is 20.3 Å². The van der Waals surface area contributed by atoms with Gasteiger partial charge in [-0.15, -0.1) is 0 Å². The maximum Gasteiger partial charge on any atom is 0.191 e. The van der Waals surface area contributed by atoms with E-state index in [1.807, 2.05) is 13.1 Å². The number of aryl methyl sites for hydroxylation is 1. The van der Waals surface area contributed by atoms with Crippen LogP contribution in [0.5, 0.6) is 5.75 Å². The van der Waals surface area contributed by atoms with Crippen molar-refractivity contribution in [1.29, 1.82) is 0 Å². The Kier molecular flexibility index (Phi) is 7.72. The molecule has 1 aromatic carbocycles. The minimum Gasteiger partial charge on any atom is -0.496 e. The minimum absolute atomic E-state index is 0.0567. The smallest absolute Gasteiger partial charge is 0.191 e. The Morgan fingerprint density at radius 1 is 1.27 bits per heavy atom. The molecule has 0 unspecified atom stereocenters. The number of nitrogens with zero attached hydrogens (tertiary/aromatic N) is 2. The van der Waals surface area contributed by atoms with Crippen LogP contribution in [0.4, 0.5) is 0 Å². The number of rotatable bonds is 7. The maximum absolute atomic E-state index is 5.46. The van der Waals surface area contributed by atoms with Crippen molar-refractivity contribution in [1.82, 2.24) is 15.5 Å². The zero-order valence-electron chi connectivity index (χ0n) is 16.9. The largest absolute Gasteiger partial charge is 0.496 e. The first-order chi connectivity index (χ1) is 12.5. The summed E-state index contributed by atoms with van der Waals surface area (Å²) < 4.78 is 10.9. The predicted octanol–water partition coefficient (Wildman–Crippen LogP) is 1.82. The van der Waals surface area contributed by atoms with Crippen LogP contribution in [0.1, 0.15) is 25.0 Å². The highest BCUT2D eigenvalue weighted by molar-refractivity contribution is 5.79. The van der Waals surface area contributed by atoms with Crippen molar-refractivity contribution in [2.24, 2.45) is 4.99 Å². The summed E-state index contributed by atoms with van der Waals surface area (Å²) in [4.78, 5) is 6.81. The molecule has 0 radical (unpaired) electrons. The first kappa shape index (κ1) is 20.5. The molecule has 1 heterocycles. The lowest BCUT2D eigenvalue weighted by atomic mass is 10.0. The Morgan fingerprint density at radius 3 is 2.65 bits per heavy atom. The summed E-state index contributed by atoms with van der Waals surface area (Å²) in [5.41, 5.74) is 2.51. The lowest BCUT2D eigenvalue weighted by Crippen LogP contribution is -2.56. The zero-order chi connectivity index (χ0) is 19.0. The van der Waals surface area contributed by atoms with Crippen LogP contribution in [0.2, 0.25) is 0 Å². The van der Waals surface area contributed by atoms with Crippen molar-refractivity contribution in [2.75, 3.05) is 53.6 Å². The fourth-order valence-electron chi connectivity index (χ4n) is 3.22. The third-order valence-corrected chi connectivity index (χ3v) is 4.90. The minimum atomic E-state index is 0.0567. The highest BCUT2D eigenvalue weighted by atomic mass is 16.5. The van der Waals surface area contributed by atoms with Crippen molar-refractivity contribution in [3.05, 3.63) is 29.3 Å². The second kappa shape index (κ2) is 9.78. The van der Waals surface area contributed by atoms with Crippen molar-refractivity contribution in [3.8, 4) is 5.75 Å². The molecule has 2 N–H and O–H groups in total. The second-order valence-electron chi connectivity index (χ2n) is 7.33. The van der Waals surface area contributed by atoms with Crippen molar-refractivity contribution in [2.45, 2.75) is 32.7 Å². The Hall–Kier alpha value is -1.79. The monoisotopic (exact) mass is 362 g/mol. The molecule has 0 aromatic heterocycles. The average Bonchev–Trinajstić information content (AvgIpc) is 2.65. The van der Waals surface area contributed by atoms with Gasteiger partial charge in [-0.1, -0.05) is 17.7 Å². The number of aliphatic imine (C=N–C) groups is 1. The summed E-state index contributed by atoms with van der Waals surface area (Å²) >= 11 is 0. The van der Waals surface area contributed by atoms with E-state index in [2.05, 4.69) is 53.4 Å². The molecule has 0 saturated carbocycles. The summed E-state index contributed by atoms with van der Waals surface area (Å²) in [5.74, 6) is 1.77. The number of ether oxygens (including phenoxy) is 2. The molecule has 0 spiro atoms. The topological polar surface area (TPSA) is 58.1 Å². The summed E-state index contributed by atoms with van der Waals surface area (Å²) in [6.45, 7) is 11.8. The van der Waals surface area contributed by atoms with Gasteiger partial charge in [0.15, 0.2) is 5.96 Å². The molecule has 1 fully saturated rings. The van der Waals surface area contributed by atoms with Gasteiger partial charge in [0.2, 0.25) is 0 Å². The predicted molar refractivity (Wildman–Crippen MR) is 107 cm³/mol. The lowest BCUT2D eigenvalue weighted by molar-refractivity contribution is -0.00833. The third-order valence-electron chi connectivity index (χ3n) is 4.90. The standard InChI is InChI=1S/C20H34N4O2/c1-16-6-7-18(25-5)17(14-16)8-9-22-19(21-4)23-15-20(2,3)24-10-12-26-13-11-24/h6-7,14H,8-13,15H2,1-5H3,(H2,21,22,23). The molecular weight excluding hydrogens is 328 g/mol. The Labute approximate surface area is 158 Å². The van der Waals surface area contributed by atoms with Gasteiger partial charge >= 0.3 is 0 Å². The Morgan fingerprint density at radius 2 is 2.00 bits per heavy atom. The van der Waals surface area contributed by atoms with E-state index in [9.17, 15) is 0 Å². The Bertz CT molecular complexity index is 595. The molecule has 146 valence electrons. The number of nitrogens with one attached hydrogen (secondary N) is 2. The van der Waals surface area contributed by atoms with E-state index in [-0.39, 0.29) is 5.54 Å². The molecule has 0 aliphatic carbocycles. The second-order valence-corrected chi connectivity index (χ2v) is 7.33. The average molecular weight is 363 g/mol. The summed E-state index contributed by atoms with van der Waals surface area (Å²) in [6, 6.07) is 6.28. The fourth-order valence-corrected chi connectivity index (χ4v) is 3.22. The van der Waals surface area contributed by atoms with Crippen LogP contribution in [-0.4, -0.2) is 69.9 Å². The number of hydrogen-bond acceptors (Lipinski definition) is 4. The number of benzene rings is 1. The molecule has 1 aliphatic heterocycles. The molecule has 6 nitrogen and oxygen atoms in total.